The molecule has 5 heteroatoms. The first-order valence-corrected chi connectivity index (χ1v) is 7.43. The highest BCUT2D eigenvalue weighted by atomic mass is 32.1. The monoisotopic (exact) mass is 291 g/mol. The maximum absolute atomic E-state index is 5.89. The van der Waals surface area contributed by atoms with Gasteiger partial charge in [-0.3, -0.25) is 0 Å². The molecular formula is C15H21N3OS. The molecule has 2 rings (SSSR count). The first-order valence-electron chi connectivity index (χ1n) is 6.66. The number of benzene rings is 1. The Kier molecular flexibility index (Phi) is 4.49. The molecule has 0 fully saturated rings. The zero-order valence-electron chi connectivity index (χ0n) is 12.4. The number of nitrogen functional groups attached to an aromatic ring is 1. The molecule has 0 bridgehead atoms. The van der Waals surface area contributed by atoms with E-state index in [-0.39, 0.29) is 6.10 Å². The number of rotatable bonds is 5. The smallest absolute Gasteiger partial charge is 0.198 e. The van der Waals surface area contributed by atoms with E-state index in [1.807, 2.05) is 20.9 Å². The van der Waals surface area contributed by atoms with Crippen molar-refractivity contribution >= 4 is 22.4 Å². The Balaban J connectivity index is 2.16. The van der Waals surface area contributed by atoms with E-state index in [2.05, 4.69) is 40.5 Å². The van der Waals surface area contributed by atoms with Gasteiger partial charge in [-0.05, 0) is 37.9 Å². The quantitative estimate of drug-likeness (QED) is 0.916. The summed E-state index contributed by atoms with van der Waals surface area (Å²) in [6.45, 7) is 6.87. The van der Waals surface area contributed by atoms with Crippen LogP contribution in [0.4, 0.5) is 10.8 Å². The van der Waals surface area contributed by atoms with Crippen molar-refractivity contribution < 1.29 is 4.74 Å². The lowest BCUT2D eigenvalue weighted by Crippen LogP contribution is -2.17. The van der Waals surface area contributed by atoms with Crippen LogP contribution in [0, 0.1) is 6.92 Å². The summed E-state index contributed by atoms with van der Waals surface area (Å²) >= 11 is 1.37. The Morgan fingerprint density at radius 2 is 1.95 bits per heavy atom. The highest BCUT2D eigenvalue weighted by molar-refractivity contribution is 7.11. The second-order valence-electron chi connectivity index (χ2n) is 5.21. The van der Waals surface area contributed by atoms with Gasteiger partial charge in [0.1, 0.15) is 0 Å². The Labute approximate surface area is 124 Å². The fourth-order valence-corrected chi connectivity index (χ4v) is 2.62. The molecule has 0 unspecified atom stereocenters. The van der Waals surface area contributed by atoms with Crippen LogP contribution in [-0.4, -0.2) is 17.5 Å². The fraction of sp³-hybridized carbons (Fsp3) is 0.400. The summed E-state index contributed by atoms with van der Waals surface area (Å²) in [5.41, 5.74) is 8.40. The normalized spacial score (nSPS) is 10.8. The molecule has 1 aromatic carbocycles. The van der Waals surface area contributed by atoms with E-state index in [0.717, 1.165) is 11.5 Å². The van der Waals surface area contributed by atoms with Crippen molar-refractivity contribution in [1.29, 1.82) is 0 Å². The second-order valence-corrected chi connectivity index (χ2v) is 5.96. The summed E-state index contributed by atoms with van der Waals surface area (Å²) in [7, 11) is 2.03. The molecule has 4 nitrogen and oxygen atoms in total. The summed E-state index contributed by atoms with van der Waals surface area (Å²) < 4.78 is 9.97. The third kappa shape index (κ3) is 3.42. The molecule has 2 aromatic rings. The van der Waals surface area contributed by atoms with Crippen molar-refractivity contribution in [1.82, 2.24) is 4.37 Å². The number of hydrogen-bond acceptors (Lipinski definition) is 5. The number of nitrogens with zero attached hydrogens (tertiary/aromatic N) is 2. The topological polar surface area (TPSA) is 51.4 Å². The second kappa shape index (κ2) is 6.13. The number of ether oxygens (including phenoxy) is 1. The van der Waals surface area contributed by atoms with E-state index in [9.17, 15) is 0 Å². The standard InChI is InChI=1S/C15H21N3OS/c1-10(2)19-13-14(16)17-20-15(13)18(4)9-12-7-5-11(3)6-8-12/h5-8,10H,9H2,1-4H3,(H2,16,17). The predicted molar refractivity (Wildman–Crippen MR) is 85.6 cm³/mol. The van der Waals surface area contributed by atoms with Crippen LogP contribution in [0.2, 0.25) is 0 Å². The van der Waals surface area contributed by atoms with E-state index in [4.69, 9.17) is 10.5 Å². The van der Waals surface area contributed by atoms with E-state index in [1.54, 1.807) is 0 Å². The molecule has 0 aliphatic rings. The van der Waals surface area contributed by atoms with E-state index >= 15 is 0 Å². The molecule has 0 aliphatic carbocycles. The third-order valence-corrected chi connectivity index (χ3v) is 3.86. The summed E-state index contributed by atoms with van der Waals surface area (Å²) in [6, 6.07) is 8.52. The molecule has 0 radical (unpaired) electrons. The van der Waals surface area contributed by atoms with Gasteiger partial charge in [0, 0.05) is 13.6 Å². The average Bonchev–Trinajstić information content (AvgIpc) is 2.73. The van der Waals surface area contributed by atoms with Crippen molar-refractivity contribution in [2.24, 2.45) is 0 Å². The zero-order valence-corrected chi connectivity index (χ0v) is 13.2. The van der Waals surface area contributed by atoms with Crippen molar-refractivity contribution in [3.8, 4) is 5.75 Å². The molecule has 0 atom stereocenters. The Morgan fingerprint density at radius 3 is 2.55 bits per heavy atom. The highest BCUT2D eigenvalue weighted by Crippen LogP contribution is 2.38. The van der Waals surface area contributed by atoms with Gasteiger partial charge < -0.3 is 15.4 Å². The average molecular weight is 291 g/mol. The Hall–Kier alpha value is -1.75. The molecule has 1 aromatic heterocycles. The minimum absolute atomic E-state index is 0.0835. The molecule has 0 saturated carbocycles. The van der Waals surface area contributed by atoms with Crippen LogP contribution in [-0.2, 0) is 6.54 Å². The van der Waals surface area contributed by atoms with Gasteiger partial charge in [0.05, 0.1) is 6.10 Å². The predicted octanol–water partition coefficient (Wildman–Crippen LogP) is 3.46. The van der Waals surface area contributed by atoms with Crippen LogP contribution < -0.4 is 15.4 Å². The van der Waals surface area contributed by atoms with E-state index in [0.29, 0.717) is 11.6 Å². The maximum Gasteiger partial charge on any atom is 0.198 e. The summed E-state index contributed by atoms with van der Waals surface area (Å²) in [6.07, 6.45) is 0.0835. The van der Waals surface area contributed by atoms with Gasteiger partial charge in [0.25, 0.3) is 0 Å². The van der Waals surface area contributed by atoms with Crippen molar-refractivity contribution in [2.45, 2.75) is 33.4 Å². The first-order chi connectivity index (χ1) is 9.47. The molecule has 108 valence electrons. The van der Waals surface area contributed by atoms with Gasteiger partial charge in [0.15, 0.2) is 16.6 Å². The van der Waals surface area contributed by atoms with Gasteiger partial charge in [0.2, 0.25) is 0 Å². The lowest BCUT2D eigenvalue weighted by Gasteiger charge is -2.20. The molecule has 0 aliphatic heterocycles. The minimum Gasteiger partial charge on any atom is -0.484 e. The van der Waals surface area contributed by atoms with Crippen LogP contribution >= 0.6 is 11.5 Å². The SMILES string of the molecule is Cc1ccc(CN(C)c2snc(N)c2OC(C)C)cc1. The largest absolute Gasteiger partial charge is 0.484 e. The van der Waals surface area contributed by atoms with Crippen molar-refractivity contribution in [3.63, 3.8) is 0 Å². The van der Waals surface area contributed by atoms with Crippen LogP contribution in [0.1, 0.15) is 25.0 Å². The lowest BCUT2D eigenvalue weighted by atomic mass is 10.1. The van der Waals surface area contributed by atoms with Crippen molar-refractivity contribution in [2.75, 3.05) is 17.7 Å². The number of anilines is 2. The van der Waals surface area contributed by atoms with Gasteiger partial charge in [-0.25, -0.2) is 0 Å². The highest BCUT2D eigenvalue weighted by Gasteiger charge is 2.18. The van der Waals surface area contributed by atoms with Gasteiger partial charge in [-0.2, -0.15) is 4.37 Å². The van der Waals surface area contributed by atoms with Crippen LogP contribution in [0.5, 0.6) is 5.75 Å². The summed E-state index contributed by atoms with van der Waals surface area (Å²) in [5.74, 6) is 1.16. The molecule has 1 heterocycles. The first kappa shape index (κ1) is 14.7. The molecular weight excluding hydrogens is 270 g/mol. The van der Waals surface area contributed by atoms with Gasteiger partial charge in [-0.1, -0.05) is 29.8 Å². The Bertz CT molecular complexity index is 563. The van der Waals surface area contributed by atoms with E-state index in [1.165, 1.54) is 22.7 Å². The zero-order chi connectivity index (χ0) is 14.7. The van der Waals surface area contributed by atoms with Gasteiger partial charge in [-0.15, -0.1) is 0 Å². The molecule has 0 saturated heterocycles. The fourth-order valence-electron chi connectivity index (χ4n) is 1.91. The maximum atomic E-state index is 5.89. The summed E-state index contributed by atoms with van der Waals surface area (Å²) in [5, 5.41) is 0.969. The molecule has 0 spiro atoms. The van der Waals surface area contributed by atoms with Crippen LogP contribution in [0.3, 0.4) is 0 Å². The number of aromatic nitrogens is 1. The minimum atomic E-state index is 0.0835. The molecule has 0 amide bonds. The molecule has 2 N–H and O–H groups in total. The van der Waals surface area contributed by atoms with Crippen LogP contribution in [0.15, 0.2) is 24.3 Å². The van der Waals surface area contributed by atoms with Crippen LogP contribution in [0.25, 0.3) is 0 Å². The Morgan fingerprint density at radius 1 is 1.30 bits per heavy atom. The van der Waals surface area contributed by atoms with Crippen molar-refractivity contribution in [3.05, 3.63) is 35.4 Å². The summed E-state index contributed by atoms with van der Waals surface area (Å²) in [4.78, 5) is 2.12. The lowest BCUT2D eigenvalue weighted by molar-refractivity contribution is 0.245. The number of nitrogens with two attached hydrogens (primary N) is 1. The third-order valence-electron chi connectivity index (χ3n) is 2.90. The number of hydrogen-bond donors (Lipinski definition) is 1. The van der Waals surface area contributed by atoms with E-state index < -0.39 is 0 Å². The van der Waals surface area contributed by atoms with Gasteiger partial charge >= 0.3 is 0 Å². The number of aryl methyl sites for hydroxylation is 1. The molecule has 20 heavy (non-hydrogen) atoms.